The molecule has 1 aliphatic carbocycles. The van der Waals surface area contributed by atoms with Crippen molar-refractivity contribution < 1.29 is 17.9 Å². The number of hydrogen-bond donors (Lipinski definition) is 1. The van der Waals surface area contributed by atoms with Crippen LogP contribution in [0.1, 0.15) is 42.9 Å². The second-order valence-corrected chi connectivity index (χ2v) is 6.73. The Hall–Kier alpha value is -0.980. The summed E-state index contributed by atoms with van der Waals surface area (Å²) in [7, 11) is 1.40. The summed E-state index contributed by atoms with van der Waals surface area (Å²) in [6, 6.07) is 4.29. The first-order chi connectivity index (χ1) is 11.5. The van der Waals surface area contributed by atoms with Gasteiger partial charge in [0, 0.05) is 32.2 Å². The summed E-state index contributed by atoms with van der Waals surface area (Å²) >= 11 is 0. The van der Waals surface area contributed by atoms with Gasteiger partial charge in [0.05, 0.1) is 12.7 Å². The van der Waals surface area contributed by atoms with E-state index in [1.54, 1.807) is 12.1 Å². The van der Waals surface area contributed by atoms with Gasteiger partial charge in [-0.1, -0.05) is 18.9 Å². The monoisotopic (exact) mass is 378 g/mol. The number of alkyl halides is 3. The van der Waals surface area contributed by atoms with Gasteiger partial charge in [-0.05, 0) is 36.5 Å². The highest BCUT2D eigenvalue weighted by molar-refractivity contribution is 5.85. The van der Waals surface area contributed by atoms with E-state index in [1.165, 1.54) is 7.11 Å². The topological polar surface area (TPSA) is 24.5 Å². The molecule has 3 rings (SSSR count). The van der Waals surface area contributed by atoms with E-state index in [0.717, 1.165) is 57.9 Å². The smallest absolute Gasteiger partial charge is 0.416 e. The van der Waals surface area contributed by atoms with Crippen molar-refractivity contribution in [3.05, 3.63) is 29.3 Å². The zero-order chi connectivity index (χ0) is 17.2. The summed E-state index contributed by atoms with van der Waals surface area (Å²) in [6.07, 6.45) is -0.111. The molecule has 1 saturated carbocycles. The summed E-state index contributed by atoms with van der Waals surface area (Å²) in [4.78, 5) is 2.24. The highest BCUT2D eigenvalue weighted by atomic mass is 35.5. The van der Waals surface area contributed by atoms with Crippen LogP contribution in [-0.4, -0.2) is 38.2 Å². The fourth-order valence-electron chi connectivity index (χ4n) is 4.15. The zero-order valence-electron chi connectivity index (χ0n) is 14.4. The van der Waals surface area contributed by atoms with Crippen molar-refractivity contribution in [2.75, 3.05) is 33.3 Å². The number of ether oxygens (including phenoxy) is 1. The molecule has 142 valence electrons. The van der Waals surface area contributed by atoms with Crippen LogP contribution in [0.25, 0.3) is 0 Å². The fraction of sp³-hybridized carbons (Fsp3) is 0.667. The van der Waals surface area contributed by atoms with E-state index in [1.807, 2.05) is 0 Å². The molecule has 1 atom stereocenters. The average molecular weight is 379 g/mol. The first-order valence-electron chi connectivity index (χ1n) is 8.70. The van der Waals surface area contributed by atoms with E-state index in [-0.39, 0.29) is 24.2 Å². The molecule has 1 heterocycles. The van der Waals surface area contributed by atoms with Crippen LogP contribution in [0.5, 0.6) is 5.75 Å². The summed E-state index contributed by atoms with van der Waals surface area (Å²) in [5.74, 6) is 0.564. The van der Waals surface area contributed by atoms with Crippen LogP contribution in [0.15, 0.2) is 18.2 Å². The summed E-state index contributed by atoms with van der Waals surface area (Å²) < 4.78 is 46.1. The lowest BCUT2D eigenvalue weighted by molar-refractivity contribution is -0.139. The molecule has 25 heavy (non-hydrogen) atoms. The molecule has 7 heteroatoms. The number of hydrogen-bond acceptors (Lipinski definition) is 3. The Morgan fingerprint density at radius 3 is 2.36 bits per heavy atom. The van der Waals surface area contributed by atoms with E-state index in [9.17, 15) is 13.2 Å². The van der Waals surface area contributed by atoms with Crippen LogP contribution in [0.2, 0.25) is 0 Å². The van der Waals surface area contributed by atoms with Gasteiger partial charge in [0.2, 0.25) is 0 Å². The van der Waals surface area contributed by atoms with E-state index in [4.69, 9.17) is 4.74 Å². The largest absolute Gasteiger partial charge is 0.497 e. The van der Waals surface area contributed by atoms with Crippen LogP contribution in [0, 0.1) is 5.92 Å². The lowest BCUT2D eigenvalue weighted by Crippen LogP contribution is -2.47. The third-order valence-electron chi connectivity index (χ3n) is 5.28. The maximum Gasteiger partial charge on any atom is 0.416 e. The highest BCUT2D eigenvalue weighted by Gasteiger charge is 2.40. The minimum absolute atomic E-state index is 0. The van der Waals surface area contributed by atoms with Gasteiger partial charge in [-0.2, -0.15) is 13.2 Å². The van der Waals surface area contributed by atoms with Crippen molar-refractivity contribution in [1.29, 1.82) is 0 Å². The fourth-order valence-corrected chi connectivity index (χ4v) is 4.15. The SMILES string of the molecule is COc1ccc([C@@H](C2CCCC2)N2CCNCC2)c(C(F)(F)F)c1.Cl. The average Bonchev–Trinajstić information content (AvgIpc) is 3.09. The Morgan fingerprint density at radius 1 is 1.16 bits per heavy atom. The van der Waals surface area contributed by atoms with Crippen LogP contribution in [0.3, 0.4) is 0 Å². The first-order valence-corrected chi connectivity index (χ1v) is 8.70. The number of rotatable bonds is 4. The van der Waals surface area contributed by atoms with E-state index >= 15 is 0 Å². The third kappa shape index (κ3) is 4.60. The molecule has 2 fully saturated rings. The molecule has 0 bridgehead atoms. The van der Waals surface area contributed by atoms with Crippen molar-refractivity contribution >= 4 is 12.4 Å². The normalized spacial score (nSPS) is 21.0. The molecule has 0 spiro atoms. The lowest BCUT2D eigenvalue weighted by Gasteiger charge is -2.39. The number of methoxy groups -OCH3 is 1. The molecule has 0 amide bonds. The van der Waals surface area contributed by atoms with Crippen molar-refractivity contribution in [3.63, 3.8) is 0 Å². The van der Waals surface area contributed by atoms with Gasteiger partial charge in [0.15, 0.2) is 0 Å². The third-order valence-corrected chi connectivity index (χ3v) is 5.28. The molecule has 1 aromatic rings. The van der Waals surface area contributed by atoms with Gasteiger partial charge in [0.1, 0.15) is 5.75 Å². The van der Waals surface area contributed by atoms with Gasteiger partial charge in [-0.15, -0.1) is 12.4 Å². The van der Waals surface area contributed by atoms with Crippen molar-refractivity contribution in [2.24, 2.45) is 5.92 Å². The molecule has 1 aliphatic heterocycles. The Kier molecular flexibility index (Phi) is 7.00. The second kappa shape index (κ2) is 8.60. The van der Waals surface area contributed by atoms with Gasteiger partial charge in [-0.3, -0.25) is 4.90 Å². The van der Waals surface area contributed by atoms with Crippen LogP contribution >= 0.6 is 12.4 Å². The highest BCUT2D eigenvalue weighted by Crippen LogP contribution is 2.45. The van der Waals surface area contributed by atoms with Crippen LogP contribution in [0.4, 0.5) is 13.2 Å². The number of halogens is 4. The molecule has 0 unspecified atom stereocenters. The molecule has 1 saturated heterocycles. The Labute approximate surface area is 153 Å². The standard InChI is InChI=1S/C18H25F3N2O.ClH/c1-24-14-6-7-15(16(12-14)18(19,20)21)17(13-4-2-3-5-13)23-10-8-22-9-11-23;/h6-7,12-13,17,22H,2-5,8-11H2,1H3;1H/t17-;/m1./s1. The van der Waals surface area contributed by atoms with Gasteiger partial charge in [0.25, 0.3) is 0 Å². The molecule has 3 nitrogen and oxygen atoms in total. The van der Waals surface area contributed by atoms with Crippen molar-refractivity contribution in [1.82, 2.24) is 10.2 Å². The molecule has 0 aromatic heterocycles. The predicted octanol–water partition coefficient (Wildman–Crippen LogP) is 4.27. The molecule has 1 N–H and O–H groups in total. The molecular formula is C18H26ClF3N2O. The van der Waals surface area contributed by atoms with Crippen molar-refractivity contribution in [3.8, 4) is 5.75 Å². The van der Waals surface area contributed by atoms with Crippen LogP contribution < -0.4 is 10.1 Å². The van der Waals surface area contributed by atoms with Gasteiger partial charge >= 0.3 is 6.18 Å². The Balaban J connectivity index is 0.00000225. The number of nitrogens with zero attached hydrogens (tertiary/aromatic N) is 1. The Morgan fingerprint density at radius 2 is 1.80 bits per heavy atom. The molecular weight excluding hydrogens is 353 g/mol. The summed E-state index contributed by atoms with van der Waals surface area (Å²) in [5.41, 5.74) is -0.130. The van der Waals surface area contributed by atoms with E-state index < -0.39 is 11.7 Å². The maximum atomic E-state index is 13.7. The quantitative estimate of drug-likeness (QED) is 0.846. The predicted molar refractivity (Wildman–Crippen MR) is 94.4 cm³/mol. The number of piperazine rings is 1. The Bertz CT molecular complexity index is 556. The van der Waals surface area contributed by atoms with Gasteiger partial charge in [-0.25, -0.2) is 0 Å². The zero-order valence-corrected chi connectivity index (χ0v) is 15.3. The van der Waals surface area contributed by atoms with Crippen LogP contribution in [-0.2, 0) is 6.18 Å². The molecule has 1 aromatic carbocycles. The summed E-state index contributed by atoms with van der Waals surface area (Å²) in [5, 5.41) is 3.29. The second-order valence-electron chi connectivity index (χ2n) is 6.73. The van der Waals surface area contributed by atoms with E-state index in [2.05, 4.69) is 10.2 Å². The maximum absolute atomic E-state index is 13.7. The molecule has 0 radical (unpaired) electrons. The first kappa shape index (κ1) is 20.3. The van der Waals surface area contributed by atoms with Gasteiger partial charge < -0.3 is 10.1 Å². The van der Waals surface area contributed by atoms with E-state index in [0.29, 0.717) is 11.5 Å². The summed E-state index contributed by atoms with van der Waals surface area (Å²) in [6.45, 7) is 3.26. The lowest BCUT2D eigenvalue weighted by atomic mass is 9.86. The molecule has 2 aliphatic rings. The number of benzene rings is 1. The minimum Gasteiger partial charge on any atom is -0.497 e. The number of nitrogens with one attached hydrogen (secondary N) is 1. The van der Waals surface area contributed by atoms with Crippen molar-refractivity contribution in [2.45, 2.75) is 37.9 Å². The minimum atomic E-state index is -4.37.